The molecule has 8 nitrogen and oxygen atoms in total. The topological polar surface area (TPSA) is 74.0 Å². The van der Waals surface area contributed by atoms with Crippen LogP contribution >= 0.6 is 0 Å². The third-order valence-electron chi connectivity index (χ3n) is 8.59. The first-order valence-electron chi connectivity index (χ1n) is 14.1. The van der Waals surface area contributed by atoms with Gasteiger partial charge in [-0.15, -0.1) is 0 Å². The van der Waals surface area contributed by atoms with E-state index in [9.17, 15) is 9.59 Å². The molecule has 1 N–H and O–H groups in total. The third kappa shape index (κ3) is 5.07. The zero-order valence-corrected chi connectivity index (χ0v) is 22.1. The molecule has 36 heavy (non-hydrogen) atoms. The number of carbonyl (C=O) groups excluding carboxylic acids is 2. The number of hydrogen-bond donors (Lipinski definition) is 1. The Morgan fingerprint density at radius 2 is 1.75 bits per heavy atom. The van der Waals surface area contributed by atoms with Gasteiger partial charge in [0, 0.05) is 50.9 Å². The Hall–Kier alpha value is -2.32. The average Bonchev–Trinajstić information content (AvgIpc) is 3.37. The molecule has 2 aromatic heterocycles. The van der Waals surface area contributed by atoms with Gasteiger partial charge in [-0.2, -0.15) is 0 Å². The predicted octanol–water partition coefficient (Wildman–Crippen LogP) is 3.71. The first-order valence-corrected chi connectivity index (χ1v) is 14.1. The van der Waals surface area contributed by atoms with Crippen LogP contribution in [0.2, 0.25) is 0 Å². The van der Waals surface area contributed by atoms with Crippen molar-refractivity contribution in [1.29, 1.82) is 0 Å². The van der Waals surface area contributed by atoms with E-state index >= 15 is 0 Å². The molecule has 5 rings (SSSR count). The quantitative estimate of drug-likeness (QED) is 0.563. The lowest BCUT2D eigenvalue weighted by atomic mass is 9.93. The SMILES string of the molecule is CCCN1CCN(CCCN2C(=O)c3cc4occc4n3C[C@@]2(C)C(=O)NC2CCCCCC2)CC1. The number of rotatable bonds is 8. The summed E-state index contributed by atoms with van der Waals surface area (Å²) in [6.07, 6.45) is 10.6. The van der Waals surface area contributed by atoms with E-state index in [1.165, 1.54) is 25.8 Å². The van der Waals surface area contributed by atoms with Crippen molar-refractivity contribution >= 4 is 22.9 Å². The normalized spacial score (nSPS) is 24.7. The lowest BCUT2D eigenvalue weighted by Gasteiger charge is -2.45. The highest BCUT2D eigenvalue weighted by molar-refractivity contribution is 6.02. The van der Waals surface area contributed by atoms with Gasteiger partial charge in [0.25, 0.3) is 5.91 Å². The molecule has 2 aliphatic heterocycles. The van der Waals surface area contributed by atoms with Crippen LogP contribution in [0.3, 0.4) is 0 Å². The van der Waals surface area contributed by atoms with E-state index in [4.69, 9.17) is 4.42 Å². The van der Waals surface area contributed by atoms with E-state index in [1.54, 1.807) is 6.26 Å². The molecule has 1 atom stereocenters. The monoisotopic (exact) mass is 497 g/mol. The van der Waals surface area contributed by atoms with Gasteiger partial charge in [-0.1, -0.05) is 32.6 Å². The third-order valence-corrected chi connectivity index (χ3v) is 8.59. The summed E-state index contributed by atoms with van der Waals surface area (Å²) in [5.41, 5.74) is 1.28. The lowest BCUT2D eigenvalue weighted by Crippen LogP contribution is -2.65. The van der Waals surface area contributed by atoms with Crippen LogP contribution < -0.4 is 5.32 Å². The maximum Gasteiger partial charge on any atom is 0.271 e. The highest BCUT2D eigenvalue weighted by atomic mass is 16.3. The van der Waals surface area contributed by atoms with Crippen LogP contribution in [-0.2, 0) is 11.3 Å². The van der Waals surface area contributed by atoms with Crippen molar-refractivity contribution in [1.82, 2.24) is 24.6 Å². The number of piperazine rings is 1. The maximum absolute atomic E-state index is 13.9. The molecule has 0 radical (unpaired) electrons. The van der Waals surface area contributed by atoms with E-state index in [2.05, 4.69) is 22.0 Å². The summed E-state index contributed by atoms with van der Waals surface area (Å²) in [7, 11) is 0. The van der Waals surface area contributed by atoms with Crippen molar-refractivity contribution in [3.05, 3.63) is 24.1 Å². The van der Waals surface area contributed by atoms with Gasteiger partial charge < -0.3 is 29.0 Å². The van der Waals surface area contributed by atoms with Crippen LogP contribution in [0.25, 0.3) is 11.1 Å². The van der Waals surface area contributed by atoms with Crippen LogP contribution in [0.5, 0.6) is 0 Å². The lowest BCUT2D eigenvalue weighted by molar-refractivity contribution is -0.133. The van der Waals surface area contributed by atoms with E-state index in [0.29, 0.717) is 24.4 Å². The van der Waals surface area contributed by atoms with E-state index in [1.807, 2.05) is 28.5 Å². The summed E-state index contributed by atoms with van der Waals surface area (Å²) >= 11 is 0. The zero-order valence-electron chi connectivity index (χ0n) is 22.1. The van der Waals surface area contributed by atoms with Crippen molar-refractivity contribution in [2.24, 2.45) is 0 Å². The molecule has 198 valence electrons. The second-order valence-corrected chi connectivity index (χ2v) is 11.2. The van der Waals surface area contributed by atoms with E-state index < -0.39 is 5.54 Å². The minimum absolute atomic E-state index is 0.0214. The zero-order chi connectivity index (χ0) is 25.1. The minimum Gasteiger partial charge on any atom is -0.463 e. The molecule has 2 amide bonds. The molecule has 0 bridgehead atoms. The van der Waals surface area contributed by atoms with Gasteiger partial charge in [-0.05, 0) is 45.7 Å². The van der Waals surface area contributed by atoms with Gasteiger partial charge in [0.05, 0.1) is 18.3 Å². The number of carbonyl (C=O) groups is 2. The Bertz CT molecular complexity index is 1040. The second kappa shape index (κ2) is 11.0. The number of fused-ring (bicyclic) bond motifs is 3. The summed E-state index contributed by atoms with van der Waals surface area (Å²) in [5, 5.41) is 3.36. The largest absolute Gasteiger partial charge is 0.463 e. The summed E-state index contributed by atoms with van der Waals surface area (Å²) in [5.74, 6) is -0.0918. The number of nitrogens with one attached hydrogen (secondary N) is 1. The molecular formula is C28H43N5O3. The Kier molecular flexibility index (Phi) is 7.72. The summed E-state index contributed by atoms with van der Waals surface area (Å²) in [6, 6.07) is 3.93. The van der Waals surface area contributed by atoms with Gasteiger partial charge >= 0.3 is 0 Å². The van der Waals surface area contributed by atoms with Crippen LogP contribution in [-0.4, -0.2) is 88.5 Å². The fourth-order valence-electron chi connectivity index (χ4n) is 6.39. The summed E-state index contributed by atoms with van der Waals surface area (Å²) < 4.78 is 7.59. The Morgan fingerprint density at radius 3 is 2.44 bits per heavy atom. The number of amides is 2. The van der Waals surface area contributed by atoms with Crippen molar-refractivity contribution in [2.45, 2.75) is 83.3 Å². The van der Waals surface area contributed by atoms with Crippen LogP contribution in [0.1, 0.15) is 75.7 Å². The summed E-state index contributed by atoms with van der Waals surface area (Å²) in [4.78, 5) is 34.6. The fourth-order valence-corrected chi connectivity index (χ4v) is 6.39. The average molecular weight is 498 g/mol. The second-order valence-electron chi connectivity index (χ2n) is 11.2. The minimum atomic E-state index is -0.931. The molecule has 0 aromatic carbocycles. The van der Waals surface area contributed by atoms with Crippen molar-refractivity contribution < 1.29 is 14.0 Å². The Balaban J connectivity index is 1.31. The fraction of sp³-hybridized carbons (Fsp3) is 0.714. The molecule has 3 aliphatic rings. The molecule has 4 heterocycles. The van der Waals surface area contributed by atoms with E-state index in [-0.39, 0.29) is 17.9 Å². The number of hydrogen-bond acceptors (Lipinski definition) is 5. The highest BCUT2D eigenvalue weighted by Gasteiger charge is 2.48. The van der Waals surface area contributed by atoms with Crippen LogP contribution in [0.4, 0.5) is 0 Å². The molecule has 8 heteroatoms. The van der Waals surface area contributed by atoms with Gasteiger partial charge in [0.2, 0.25) is 5.91 Å². The van der Waals surface area contributed by atoms with Gasteiger partial charge in [-0.3, -0.25) is 9.59 Å². The van der Waals surface area contributed by atoms with Gasteiger partial charge in [0.15, 0.2) is 5.58 Å². The van der Waals surface area contributed by atoms with Crippen molar-refractivity contribution in [3.8, 4) is 0 Å². The van der Waals surface area contributed by atoms with E-state index in [0.717, 1.165) is 70.3 Å². The first kappa shape index (κ1) is 25.3. The molecule has 1 saturated heterocycles. The number of nitrogens with zero attached hydrogens (tertiary/aromatic N) is 4. The Labute approximate surface area is 214 Å². The predicted molar refractivity (Wildman–Crippen MR) is 141 cm³/mol. The Morgan fingerprint density at radius 1 is 1.06 bits per heavy atom. The molecule has 0 unspecified atom stereocenters. The molecule has 1 saturated carbocycles. The maximum atomic E-state index is 13.9. The van der Waals surface area contributed by atoms with Gasteiger partial charge in [-0.25, -0.2) is 0 Å². The summed E-state index contributed by atoms with van der Waals surface area (Å²) in [6.45, 7) is 11.7. The highest BCUT2D eigenvalue weighted by Crippen LogP contribution is 2.33. The molecule has 2 aromatic rings. The molecule has 1 aliphatic carbocycles. The number of aromatic nitrogens is 1. The molecular weight excluding hydrogens is 454 g/mol. The van der Waals surface area contributed by atoms with Crippen LogP contribution in [0.15, 0.2) is 22.8 Å². The number of furan rings is 1. The van der Waals surface area contributed by atoms with Crippen LogP contribution in [0, 0.1) is 0 Å². The smallest absolute Gasteiger partial charge is 0.271 e. The standard InChI is InChI=1S/C28H43N5O3/c1-3-12-30-15-17-31(18-16-30)13-8-14-33-26(34)24-20-25-23(11-19-36-25)32(24)21-28(33,2)27(35)29-22-9-6-4-5-7-10-22/h11,19-20,22H,3-10,12-18,21H2,1-2H3,(H,29,35)/t28-/m0/s1. The van der Waals surface area contributed by atoms with Gasteiger partial charge in [0.1, 0.15) is 11.2 Å². The van der Waals surface area contributed by atoms with Crippen molar-refractivity contribution in [2.75, 3.05) is 45.8 Å². The first-order chi connectivity index (χ1) is 17.5. The molecule has 0 spiro atoms. The molecule has 2 fully saturated rings. The van der Waals surface area contributed by atoms with Crippen molar-refractivity contribution in [3.63, 3.8) is 0 Å².